The zero-order chi connectivity index (χ0) is 10.6. The van der Waals surface area contributed by atoms with E-state index in [0.29, 0.717) is 5.71 Å². The SMILES string of the molecule is CC(=NO)c1cccc(OC(C)C)c1. The maximum absolute atomic E-state index is 8.61. The van der Waals surface area contributed by atoms with Crippen molar-refractivity contribution >= 4 is 5.71 Å². The normalized spacial score (nSPS) is 11.9. The van der Waals surface area contributed by atoms with E-state index >= 15 is 0 Å². The first-order valence-electron chi connectivity index (χ1n) is 4.59. The highest BCUT2D eigenvalue weighted by Crippen LogP contribution is 2.15. The summed E-state index contributed by atoms with van der Waals surface area (Å²) in [5, 5.41) is 11.7. The molecule has 0 aliphatic heterocycles. The average Bonchev–Trinajstić information content (AvgIpc) is 2.16. The lowest BCUT2D eigenvalue weighted by Gasteiger charge is -2.10. The van der Waals surface area contributed by atoms with Crippen molar-refractivity contribution in [3.8, 4) is 5.75 Å². The Kier molecular flexibility index (Phi) is 3.51. The van der Waals surface area contributed by atoms with E-state index in [1.807, 2.05) is 38.1 Å². The average molecular weight is 193 g/mol. The van der Waals surface area contributed by atoms with Gasteiger partial charge in [0, 0.05) is 5.56 Å². The molecular formula is C11H15NO2. The van der Waals surface area contributed by atoms with Crippen molar-refractivity contribution in [3.05, 3.63) is 29.8 Å². The first kappa shape index (κ1) is 10.6. The molecule has 0 saturated heterocycles. The molecule has 1 rings (SSSR count). The minimum Gasteiger partial charge on any atom is -0.491 e. The topological polar surface area (TPSA) is 41.8 Å². The van der Waals surface area contributed by atoms with E-state index in [9.17, 15) is 0 Å². The predicted octanol–water partition coefficient (Wildman–Crippen LogP) is 2.67. The summed E-state index contributed by atoms with van der Waals surface area (Å²) in [6.45, 7) is 5.69. The van der Waals surface area contributed by atoms with Gasteiger partial charge in [0.05, 0.1) is 11.8 Å². The van der Waals surface area contributed by atoms with Gasteiger partial charge in [0.2, 0.25) is 0 Å². The molecule has 0 amide bonds. The van der Waals surface area contributed by atoms with Crippen molar-refractivity contribution < 1.29 is 9.94 Å². The van der Waals surface area contributed by atoms with E-state index in [0.717, 1.165) is 11.3 Å². The molecule has 76 valence electrons. The zero-order valence-electron chi connectivity index (χ0n) is 8.69. The van der Waals surface area contributed by atoms with Crippen LogP contribution in [0.4, 0.5) is 0 Å². The Bertz CT molecular complexity index is 332. The number of hydrogen-bond donors (Lipinski definition) is 1. The summed E-state index contributed by atoms with van der Waals surface area (Å²) in [4.78, 5) is 0. The van der Waals surface area contributed by atoms with Gasteiger partial charge in [-0.15, -0.1) is 0 Å². The zero-order valence-corrected chi connectivity index (χ0v) is 8.69. The molecule has 0 heterocycles. The summed E-state index contributed by atoms with van der Waals surface area (Å²) in [5.74, 6) is 0.792. The van der Waals surface area contributed by atoms with Crippen LogP contribution in [0.1, 0.15) is 26.3 Å². The molecule has 0 atom stereocenters. The molecule has 0 fully saturated rings. The molecule has 0 radical (unpaired) electrons. The van der Waals surface area contributed by atoms with Crippen molar-refractivity contribution in [1.82, 2.24) is 0 Å². The van der Waals surface area contributed by atoms with E-state index in [1.54, 1.807) is 6.92 Å². The Morgan fingerprint density at radius 3 is 2.71 bits per heavy atom. The number of hydrogen-bond acceptors (Lipinski definition) is 3. The van der Waals surface area contributed by atoms with Crippen LogP contribution in [0.15, 0.2) is 29.4 Å². The van der Waals surface area contributed by atoms with Gasteiger partial charge < -0.3 is 9.94 Å². The summed E-state index contributed by atoms with van der Waals surface area (Å²) in [5.41, 5.74) is 1.45. The van der Waals surface area contributed by atoms with Gasteiger partial charge in [-0.25, -0.2) is 0 Å². The fraction of sp³-hybridized carbons (Fsp3) is 0.364. The molecule has 0 bridgehead atoms. The monoisotopic (exact) mass is 193 g/mol. The number of ether oxygens (including phenoxy) is 1. The van der Waals surface area contributed by atoms with Crippen LogP contribution in [-0.4, -0.2) is 17.0 Å². The van der Waals surface area contributed by atoms with Crippen LogP contribution in [0.3, 0.4) is 0 Å². The van der Waals surface area contributed by atoms with Crippen LogP contribution in [0.2, 0.25) is 0 Å². The van der Waals surface area contributed by atoms with Gasteiger partial charge in [-0.05, 0) is 32.9 Å². The first-order chi connectivity index (χ1) is 6.63. The molecule has 1 N–H and O–H groups in total. The van der Waals surface area contributed by atoms with Gasteiger partial charge in [-0.1, -0.05) is 17.3 Å². The van der Waals surface area contributed by atoms with Gasteiger partial charge in [0.15, 0.2) is 0 Å². The molecule has 1 aromatic rings. The highest BCUT2D eigenvalue weighted by atomic mass is 16.5. The fourth-order valence-corrected chi connectivity index (χ4v) is 1.12. The number of nitrogens with zero attached hydrogens (tertiary/aromatic N) is 1. The van der Waals surface area contributed by atoms with E-state index in [4.69, 9.17) is 9.94 Å². The quantitative estimate of drug-likeness (QED) is 0.455. The highest BCUT2D eigenvalue weighted by molar-refractivity contribution is 5.98. The third-order valence-corrected chi connectivity index (χ3v) is 1.77. The molecule has 0 aliphatic rings. The molecule has 3 heteroatoms. The highest BCUT2D eigenvalue weighted by Gasteiger charge is 2.01. The van der Waals surface area contributed by atoms with Crippen LogP contribution in [-0.2, 0) is 0 Å². The van der Waals surface area contributed by atoms with Crippen molar-refractivity contribution in [3.63, 3.8) is 0 Å². The number of rotatable bonds is 3. The number of benzene rings is 1. The number of oxime groups is 1. The maximum atomic E-state index is 8.61. The molecular weight excluding hydrogens is 178 g/mol. The maximum Gasteiger partial charge on any atom is 0.120 e. The van der Waals surface area contributed by atoms with Crippen molar-refractivity contribution in [2.24, 2.45) is 5.16 Å². The van der Waals surface area contributed by atoms with E-state index < -0.39 is 0 Å². The predicted molar refractivity (Wildman–Crippen MR) is 56.2 cm³/mol. The molecule has 1 aromatic carbocycles. The molecule has 0 aliphatic carbocycles. The Hall–Kier alpha value is -1.51. The lowest BCUT2D eigenvalue weighted by atomic mass is 10.1. The second kappa shape index (κ2) is 4.65. The minimum absolute atomic E-state index is 0.150. The van der Waals surface area contributed by atoms with Gasteiger partial charge in [0.1, 0.15) is 5.75 Å². The lowest BCUT2D eigenvalue weighted by Crippen LogP contribution is -2.06. The van der Waals surface area contributed by atoms with E-state index in [2.05, 4.69) is 5.16 Å². The largest absolute Gasteiger partial charge is 0.491 e. The molecule has 0 saturated carbocycles. The Labute approximate surface area is 84.0 Å². The molecule has 0 spiro atoms. The van der Waals surface area contributed by atoms with Gasteiger partial charge in [0.25, 0.3) is 0 Å². The van der Waals surface area contributed by atoms with Gasteiger partial charge >= 0.3 is 0 Å². The summed E-state index contributed by atoms with van der Waals surface area (Å²) in [6, 6.07) is 7.49. The molecule has 0 aromatic heterocycles. The third-order valence-electron chi connectivity index (χ3n) is 1.77. The molecule has 0 unspecified atom stereocenters. The Balaban J connectivity index is 2.90. The summed E-state index contributed by atoms with van der Waals surface area (Å²) in [6.07, 6.45) is 0.150. The van der Waals surface area contributed by atoms with Gasteiger partial charge in [-0.3, -0.25) is 0 Å². The smallest absolute Gasteiger partial charge is 0.120 e. The van der Waals surface area contributed by atoms with E-state index in [-0.39, 0.29) is 6.10 Å². The molecule has 3 nitrogen and oxygen atoms in total. The second-order valence-corrected chi connectivity index (χ2v) is 3.38. The van der Waals surface area contributed by atoms with Crippen LogP contribution in [0.5, 0.6) is 5.75 Å². The second-order valence-electron chi connectivity index (χ2n) is 3.38. The summed E-state index contributed by atoms with van der Waals surface area (Å²) in [7, 11) is 0. The van der Waals surface area contributed by atoms with Crippen LogP contribution >= 0.6 is 0 Å². The fourth-order valence-electron chi connectivity index (χ4n) is 1.12. The van der Waals surface area contributed by atoms with Crippen molar-refractivity contribution in [1.29, 1.82) is 0 Å². The van der Waals surface area contributed by atoms with E-state index in [1.165, 1.54) is 0 Å². The van der Waals surface area contributed by atoms with Crippen LogP contribution < -0.4 is 4.74 Å². The third kappa shape index (κ3) is 2.76. The lowest BCUT2D eigenvalue weighted by molar-refractivity contribution is 0.242. The molecule has 14 heavy (non-hydrogen) atoms. The summed E-state index contributed by atoms with van der Waals surface area (Å²) >= 11 is 0. The standard InChI is InChI=1S/C11H15NO2/c1-8(2)14-11-6-4-5-10(7-11)9(3)12-13/h4-8,13H,1-3H3. The van der Waals surface area contributed by atoms with Crippen molar-refractivity contribution in [2.75, 3.05) is 0 Å². The summed E-state index contributed by atoms with van der Waals surface area (Å²) < 4.78 is 5.51. The van der Waals surface area contributed by atoms with Crippen LogP contribution in [0.25, 0.3) is 0 Å². The van der Waals surface area contributed by atoms with Gasteiger partial charge in [-0.2, -0.15) is 0 Å². The Morgan fingerprint density at radius 2 is 2.14 bits per heavy atom. The minimum atomic E-state index is 0.150. The first-order valence-corrected chi connectivity index (χ1v) is 4.59. The Morgan fingerprint density at radius 1 is 1.43 bits per heavy atom. The van der Waals surface area contributed by atoms with Crippen molar-refractivity contribution in [2.45, 2.75) is 26.9 Å². The van der Waals surface area contributed by atoms with Crippen LogP contribution in [0, 0.1) is 0 Å².